The van der Waals surface area contributed by atoms with Gasteiger partial charge in [0.25, 0.3) is 0 Å². The number of rotatable bonds is 0. The van der Waals surface area contributed by atoms with Crippen LogP contribution in [0.25, 0.3) is 0 Å². The highest BCUT2D eigenvalue weighted by molar-refractivity contribution is 5.36. The molecule has 5 heteroatoms. The molecule has 0 aromatic heterocycles. The Hall–Kier alpha value is -1.62. The maximum absolute atomic E-state index is 8.25. The molecule has 0 atom stereocenters. The molecule has 3 N–H and O–H groups in total. The largest absolute Gasteiger partial charge is 0.356 e. The number of aryl methyl sites for hydroxylation is 1. The highest BCUT2D eigenvalue weighted by Crippen LogP contribution is 2.04. The van der Waals surface area contributed by atoms with Gasteiger partial charge in [-0.15, -0.1) is 0 Å². The van der Waals surface area contributed by atoms with Crippen LogP contribution in [-0.2, 0) is 0 Å². The fourth-order valence-electron chi connectivity index (χ4n) is 0.610. The number of hydrogen-bond donors (Lipinski definition) is 1. The van der Waals surface area contributed by atoms with Crippen LogP contribution >= 0.6 is 0 Å². The van der Waals surface area contributed by atoms with E-state index in [1.807, 2.05) is 18.2 Å². The first-order valence-corrected chi connectivity index (χ1v) is 3.23. The molecular weight excluding hydrogens is 160 g/mol. The van der Waals surface area contributed by atoms with E-state index in [2.05, 4.69) is 18.7 Å². The fraction of sp³-hybridized carbons (Fsp3) is 0.143. The summed E-state index contributed by atoms with van der Waals surface area (Å²) in [4.78, 5) is 8.25. The monoisotopic (exact) mass is 170 g/mol. The standard InChI is InChI=1S/C7H9N.NO3/c1-6-4-2-3-5-7(6)8;2-1(3)4/h2-5H,8H2,1H3;/q;-1/p+1. The van der Waals surface area contributed by atoms with Gasteiger partial charge in [-0.3, -0.25) is 0 Å². The minimum atomic E-state index is -1.75. The molecule has 0 bridgehead atoms. The molecule has 0 fully saturated rings. The SMILES string of the molecule is Cc1ccccc1[NH3+].O=[N+]([O-])[O-]. The second-order valence-electron chi connectivity index (χ2n) is 2.15. The molecule has 5 nitrogen and oxygen atoms in total. The summed E-state index contributed by atoms with van der Waals surface area (Å²) in [7, 11) is 0. The van der Waals surface area contributed by atoms with Crippen molar-refractivity contribution >= 4 is 5.69 Å². The van der Waals surface area contributed by atoms with Gasteiger partial charge in [0, 0.05) is 5.56 Å². The smallest absolute Gasteiger partial charge is 0.130 e. The number of hydrogen-bond acceptors (Lipinski definition) is 3. The van der Waals surface area contributed by atoms with Crippen molar-refractivity contribution in [2.75, 3.05) is 0 Å². The van der Waals surface area contributed by atoms with Crippen LogP contribution in [0.2, 0.25) is 0 Å². The lowest BCUT2D eigenvalue weighted by Crippen LogP contribution is -2.40. The highest BCUT2D eigenvalue weighted by Gasteiger charge is 1.89. The first-order chi connectivity index (χ1) is 5.54. The summed E-state index contributed by atoms with van der Waals surface area (Å²) in [5, 5.41) is 14.8. The van der Waals surface area contributed by atoms with Gasteiger partial charge in [0.1, 0.15) is 5.69 Å². The normalized spacial score (nSPS) is 8.17. The van der Waals surface area contributed by atoms with Crippen molar-refractivity contribution in [3.63, 3.8) is 0 Å². The van der Waals surface area contributed by atoms with Crippen molar-refractivity contribution < 1.29 is 10.8 Å². The van der Waals surface area contributed by atoms with Gasteiger partial charge in [0.2, 0.25) is 0 Å². The topological polar surface area (TPSA) is 93.8 Å². The molecule has 0 saturated carbocycles. The minimum Gasteiger partial charge on any atom is -0.356 e. The van der Waals surface area contributed by atoms with Crippen LogP contribution < -0.4 is 5.73 Å². The first kappa shape index (κ1) is 10.4. The van der Waals surface area contributed by atoms with Crippen LogP contribution in [0.1, 0.15) is 5.56 Å². The molecule has 1 aromatic carbocycles. The van der Waals surface area contributed by atoms with Crippen LogP contribution in [0.5, 0.6) is 0 Å². The van der Waals surface area contributed by atoms with Crippen LogP contribution in [0.3, 0.4) is 0 Å². The van der Waals surface area contributed by atoms with Crippen molar-refractivity contribution in [1.82, 2.24) is 0 Å². The molecule has 0 radical (unpaired) electrons. The number of benzene rings is 1. The van der Waals surface area contributed by atoms with Crippen LogP contribution in [0.15, 0.2) is 24.3 Å². The van der Waals surface area contributed by atoms with E-state index in [1.165, 1.54) is 5.56 Å². The van der Waals surface area contributed by atoms with Gasteiger partial charge < -0.3 is 21.1 Å². The van der Waals surface area contributed by atoms with E-state index in [1.54, 1.807) is 0 Å². The van der Waals surface area contributed by atoms with Crippen molar-refractivity contribution in [2.24, 2.45) is 0 Å². The molecule has 0 aliphatic heterocycles. The van der Waals surface area contributed by atoms with Gasteiger partial charge in [-0.2, -0.15) is 0 Å². The molecular formula is C7H10N2O3. The summed E-state index contributed by atoms with van der Waals surface area (Å²) in [6.45, 7) is 2.06. The van der Waals surface area contributed by atoms with E-state index in [0.29, 0.717) is 0 Å². The van der Waals surface area contributed by atoms with Crippen molar-refractivity contribution in [3.8, 4) is 0 Å². The van der Waals surface area contributed by atoms with Gasteiger partial charge in [-0.1, -0.05) is 18.2 Å². The van der Waals surface area contributed by atoms with Crippen molar-refractivity contribution in [1.29, 1.82) is 0 Å². The average molecular weight is 170 g/mol. The Morgan fingerprint density at radius 2 is 1.75 bits per heavy atom. The predicted octanol–water partition coefficient (Wildman–Crippen LogP) is 0.629. The molecule has 0 amide bonds. The summed E-state index contributed by atoms with van der Waals surface area (Å²) in [5.41, 5.74) is 6.20. The second kappa shape index (κ2) is 5.09. The maximum Gasteiger partial charge on any atom is 0.130 e. The summed E-state index contributed by atoms with van der Waals surface area (Å²) >= 11 is 0. The van der Waals surface area contributed by atoms with Gasteiger partial charge in [-0.25, -0.2) is 0 Å². The zero-order valence-electron chi connectivity index (χ0n) is 6.69. The van der Waals surface area contributed by atoms with E-state index in [0.717, 1.165) is 5.69 Å². The molecule has 0 heterocycles. The lowest BCUT2D eigenvalue weighted by atomic mass is 10.2. The molecule has 0 spiro atoms. The number of nitrogens with zero attached hydrogens (tertiary/aromatic N) is 1. The van der Waals surface area contributed by atoms with E-state index in [-0.39, 0.29) is 0 Å². The Bertz CT molecular complexity index is 238. The summed E-state index contributed by atoms with van der Waals surface area (Å²) in [6, 6.07) is 8.08. The minimum absolute atomic E-state index is 1.12. The lowest BCUT2D eigenvalue weighted by Gasteiger charge is -1.89. The molecule has 0 aliphatic rings. The second-order valence-corrected chi connectivity index (χ2v) is 2.15. The summed E-state index contributed by atoms with van der Waals surface area (Å²) in [5.74, 6) is 0. The fourth-order valence-corrected chi connectivity index (χ4v) is 0.610. The van der Waals surface area contributed by atoms with E-state index < -0.39 is 5.09 Å². The highest BCUT2D eigenvalue weighted by atomic mass is 16.9. The Kier molecular flexibility index (Phi) is 4.40. The van der Waals surface area contributed by atoms with E-state index >= 15 is 0 Å². The Morgan fingerprint density at radius 1 is 1.33 bits per heavy atom. The predicted molar refractivity (Wildman–Crippen MR) is 44.1 cm³/mol. The Morgan fingerprint density at radius 3 is 2.00 bits per heavy atom. The van der Waals surface area contributed by atoms with Crippen LogP contribution in [0, 0.1) is 22.2 Å². The average Bonchev–Trinajstić information content (AvgIpc) is 1.94. The maximum atomic E-state index is 8.25. The molecule has 12 heavy (non-hydrogen) atoms. The van der Waals surface area contributed by atoms with Gasteiger partial charge in [-0.05, 0) is 13.0 Å². The third kappa shape index (κ3) is 5.19. The lowest BCUT2D eigenvalue weighted by molar-refractivity contribution is -0.402. The zero-order valence-corrected chi connectivity index (χ0v) is 6.69. The van der Waals surface area contributed by atoms with Crippen molar-refractivity contribution in [2.45, 2.75) is 6.92 Å². The van der Waals surface area contributed by atoms with Crippen LogP contribution in [0.4, 0.5) is 5.69 Å². The number of quaternary nitrogens is 1. The molecule has 0 saturated heterocycles. The van der Waals surface area contributed by atoms with Gasteiger partial charge >= 0.3 is 0 Å². The molecule has 0 unspecified atom stereocenters. The molecule has 66 valence electrons. The third-order valence-corrected chi connectivity index (χ3v) is 1.26. The molecule has 1 aromatic rings. The zero-order chi connectivity index (χ0) is 9.56. The first-order valence-electron chi connectivity index (χ1n) is 3.23. The van der Waals surface area contributed by atoms with Gasteiger partial charge in [0.05, 0.1) is 5.09 Å². The van der Waals surface area contributed by atoms with Crippen LogP contribution in [-0.4, -0.2) is 5.09 Å². The quantitative estimate of drug-likeness (QED) is 0.457. The summed E-state index contributed by atoms with van der Waals surface area (Å²) < 4.78 is 0. The Labute approximate surface area is 69.5 Å². The van der Waals surface area contributed by atoms with Gasteiger partial charge in [0.15, 0.2) is 0 Å². The Balaban J connectivity index is 0.000000261. The molecule has 1 rings (SSSR count). The van der Waals surface area contributed by atoms with E-state index in [9.17, 15) is 0 Å². The summed E-state index contributed by atoms with van der Waals surface area (Å²) in [6.07, 6.45) is 0. The third-order valence-electron chi connectivity index (χ3n) is 1.26. The van der Waals surface area contributed by atoms with E-state index in [4.69, 9.17) is 15.3 Å². The molecule has 0 aliphatic carbocycles. The van der Waals surface area contributed by atoms with Crippen molar-refractivity contribution in [3.05, 3.63) is 45.2 Å².